The molecule has 3 heteroatoms. The minimum absolute atomic E-state index is 0.0128. The molecule has 0 fully saturated rings. The second-order valence-electron chi connectivity index (χ2n) is 4.54. The number of ketones is 1. The zero-order chi connectivity index (χ0) is 13.8. The molecule has 3 nitrogen and oxygen atoms in total. The largest absolute Gasteiger partial charge is 0.487 e. The minimum Gasteiger partial charge on any atom is -0.487 e. The summed E-state index contributed by atoms with van der Waals surface area (Å²) in [7, 11) is 0. The molecule has 0 saturated heterocycles. The first-order valence-corrected chi connectivity index (χ1v) is 6.15. The Morgan fingerprint density at radius 3 is 2.53 bits per heavy atom. The number of Topliss-reactive ketones (excluding diaryl/α,β-unsaturated/α-hetero) is 1. The summed E-state index contributed by atoms with van der Waals surface area (Å²) in [6.07, 6.45) is 0. The Morgan fingerprint density at radius 1 is 1.21 bits per heavy atom. The third-order valence-electron chi connectivity index (χ3n) is 2.97. The van der Waals surface area contributed by atoms with Gasteiger partial charge in [-0.15, -0.1) is 0 Å². The fraction of sp³-hybridized carbons (Fsp3) is 0.188. The number of anilines is 1. The van der Waals surface area contributed by atoms with Crippen molar-refractivity contribution in [1.82, 2.24) is 0 Å². The molecule has 0 saturated carbocycles. The normalized spacial score (nSPS) is 10.2. The molecule has 2 aromatic carbocycles. The molecule has 0 atom stereocenters. The Morgan fingerprint density at radius 2 is 1.89 bits per heavy atom. The van der Waals surface area contributed by atoms with Gasteiger partial charge in [0.1, 0.15) is 12.4 Å². The van der Waals surface area contributed by atoms with Gasteiger partial charge >= 0.3 is 0 Å². The van der Waals surface area contributed by atoms with Crippen molar-refractivity contribution in [2.45, 2.75) is 20.5 Å². The third-order valence-corrected chi connectivity index (χ3v) is 2.97. The number of ether oxygens (including phenoxy) is 1. The summed E-state index contributed by atoms with van der Waals surface area (Å²) in [5.74, 6) is 0.630. The second-order valence-corrected chi connectivity index (χ2v) is 4.54. The van der Waals surface area contributed by atoms with E-state index in [0.29, 0.717) is 23.6 Å². The molecule has 98 valence electrons. The monoisotopic (exact) mass is 255 g/mol. The summed E-state index contributed by atoms with van der Waals surface area (Å²) in [4.78, 5) is 11.4. The van der Waals surface area contributed by atoms with Gasteiger partial charge in [-0.05, 0) is 37.1 Å². The van der Waals surface area contributed by atoms with Crippen molar-refractivity contribution < 1.29 is 9.53 Å². The van der Waals surface area contributed by atoms with Crippen molar-refractivity contribution in [3.63, 3.8) is 0 Å². The van der Waals surface area contributed by atoms with Gasteiger partial charge in [0.15, 0.2) is 5.78 Å². The van der Waals surface area contributed by atoms with Crippen LogP contribution in [-0.2, 0) is 6.61 Å². The van der Waals surface area contributed by atoms with E-state index >= 15 is 0 Å². The first-order chi connectivity index (χ1) is 9.08. The Bertz CT molecular complexity index is 591. The molecule has 0 amide bonds. The number of carbonyl (C=O) groups is 1. The van der Waals surface area contributed by atoms with Crippen LogP contribution in [-0.4, -0.2) is 5.78 Å². The third kappa shape index (κ3) is 3.13. The number of aryl methyl sites for hydroxylation is 1. The summed E-state index contributed by atoms with van der Waals surface area (Å²) in [5.41, 5.74) is 9.01. The lowest BCUT2D eigenvalue weighted by Gasteiger charge is -2.12. The molecule has 19 heavy (non-hydrogen) atoms. The van der Waals surface area contributed by atoms with E-state index in [-0.39, 0.29) is 5.78 Å². The van der Waals surface area contributed by atoms with E-state index in [1.54, 1.807) is 6.07 Å². The summed E-state index contributed by atoms with van der Waals surface area (Å²) in [6.45, 7) is 3.88. The highest BCUT2D eigenvalue weighted by atomic mass is 16.5. The average molecular weight is 255 g/mol. The van der Waals surface area contributed by atoms with Crippen LogP contribution >= 0.6 is 0 Å². The maximum absolute atomic E-state index is 11.4. The van der Waals surface area contributed by atoms with Crippen LogP contribution in [0.3, 0.4) is 0 Å². The second kappa shape index (κ2) is 5.57. The first-order valence-electron chi connectivity index (χ1n) is 6.15. The van der Waals surface area contributed by atoms with Gasteiger partial charge in [0.2, 0.25) is 0 Å². The first kappa shape index (κ1) is 13.1. The van der Waals surface area contributed by atoms with E-state index in [9.17, 15) is 4.79 Å². The van der Waals surface area contributed by atoms with Crippen LogP contribution in [0.5, 0.6) is 5.75 Å². The molecule has 0 unspecified atom stereocenters. The maximum Gasteiger partial charge on any atom is 0.160 e. The number of hydrogen-bond acceptors (Lipinski definition) is 3. The van der Waals surface area contributed by atoms with Crippen LogP contribution in [0, 0.1) is 6.92 Å². The van der Waals surface area contributed by atoms with Gasteiger partial charge in [0, 0.05) is 5.56 Å². The zero-order valence-electron chi connectivity index (χ0n) is 11.1. The fourth-order valence-corrected chi connectivity index (χ4v) is 1.94. The summed E-state index contributed by atoms with van der Waals surface area (Å²) < 4.78 is 5.70. The van der Waals surface area contributed by atoms with Gasteiger partial charge in [-0.3, -0.25) is 4.79 Å². The van der Waals surface area contributed by atoms with Crippen LogP contribution in [0.4, 0.5) is 5.69 Å². The van der Waals surface area contributed by atoms with Crippen molar-refractivity contribution in [3.05, 3.63) is 59.2 Å². The summed E-state index contributed by atoms with van der Waals surface area (Å²) in [5, 5.41) is 0. The molecule has 0 aliphatic heterocycles. The molecule has 2 aromatic rings. The predicted molar refractivity (Wildman–Crippen MR) is 76.4 cm³/mol. The molecular formula is C16H17NO2. The van der Waals surface area contributed by atoms with Crippen molar-refractivity contribution in [3.8, 4) is 5.75 Å². The van der Waals surface area contributed by atoms with Crippen LogP contribution in [0.15, 0.2) is 42.5 Å². The molecule has 2 rings (SSSR count). The van der Waals surface area contributed by atoms with Gasteiger partial charge in [-0.25, -0.2) is 0 Å². The standard InChI is InChI=1S/C16H17NO2/c1-11-8-16(15(17)9-14(11)12(2)18)19-10-13-6-4-3-5-7-13/h3-9H,10,17H2,1-2H3. The number of nitrogen functional groups attached to an aromatic ring is 1. The lowest BCUT2D eigenvalue weighted by molar-refractivity contribution is 0.101. The van der Waals surface area contributed by atoms with Gasteiger partial charge < -0.3 is 10.5 Å². The molecule has 0 spiro atoms. The highest BCUT2D eigenvalue weighted by Crippen LogP contribution is 2.26. The molecule has 0 aliphatic rings. The Hall–Kier alpha value is -2.29. The average Bonchev–Trinajstić information content (AvgIpc) is 2.40. The van der Waals surface area contributed by atoms with Crippen molar-refractivity contribution in [2.75, 3.05) is 5.73 Å². The predicted octanol–water partition coefficient (Wildman–Crippen LogP) is 3.36. The van der Waals surface area contributed by atoms with Crippen LogP contribution < -0.4 is 10.5 Å². The fourth-order valence-electron chi connectivity index (χ4n) is 1.94. The topological polar surface area (TPSA) is 52.3 Å². The smallest absolute Gasteiger partial charge is 0.160 e. The molecule has 0 bridgehead atoms. The van der Waals surface area contributed by atoms with E-state index in [0.717, 1.165) is 11.1 Å². The molecule has 2 N–H and O–H groups in total. The van der Waals surface area contributed by atoms with Crippen LogP contribution in [0.2, 0.25) is 0 Å². The van der Waals surface area contributed by atoms with Crippen molar-refractivity contribution >= 4 is 11.5 Å². The SMILES string of the molecule is CC(=O)c1cc(N)c(OCc2ccccc2)cc1C. The quantitative estimate of drug-likeness (QED) is 0.673. The van der Waals surface area contributed by atoms with E-state index in [2.05, 4.69) is 0 Å². The van der Waals surface area contributed by atoms with E-state index in [1.165, 1.54) is 6.92 Å². The number of benzene rings is 2. The number of hydrogen-bond donors (Lipinski definition) is 1. The number of nitrogens with two attached hydrogens (primary N) is 1. The van der Waals surface area contributed by atoms with Gasteiger partial charge in [0.05, 0.1) is 5.69 Å². The molecule has 0 aliphatic carbocycles. The Kier molecular flexibility index (Phi) is 3.85. The highest BCUT2D eigenvalue weighted by Gasteiger charge is 2.09. The Labute approximate surface area is 113 Å². The van der Waals surface area contributed by atoms with E-state index < -0.39 is 0 Å². The van der Waals surface area contributed by atoms with Crippen LogP contribution in [0.1, 0.15) is 28.4 Å². The number of rotatable bonds is 4. The van der Waals surface area contributed by atoms with Gasteiger partial charge in [0.25, 0.3) is 0 Å². The molecule has 0 aromatic heterocycles. The molecule has 0 heterocycles. The Balaban J connectivity index is 2.17. The van der Waals surface area contributed by atoms with Gasteiger partial charge in [-0.1, -0.05) is 30.3 Å². The summed E-state index contributed by atoms with van der Waals surface area (Å²) in [6, 6.07) is 13.4. The maximum atomic E-state index is 11.4. The van der Waals surface area contributed by atoms with E-state index in [4.69, 9.17) is 10.5 Å². The van der Waals surface area contributed by atoms with Gasteiger partial charge in [-0.2, -0.15) is 0 Å². The molecular weight excluding hydrogens is 238 g/mol. The lowest BCUT2D eigenvalue weighted by atomic mass is 10.0. The van der Waals surface area contributed by atoms with Crippen LogP contribution in [0.25, 0.3) is 0 Å². The minimum atomic E-state index is 0.0128. The highest BCUT2D eigenvalue weighted by molar-refractivity contribution is 5.96. The molecule has 0 radical (unpaired) electrons. The lowest BCUT2D eigenvalue weighted by Crippen LogP contribution is -2.03. The number of carbonyl (C=O) groups excluding carboxylic acids is 1. The zero-order valence-corrected chi connectivity index (χ0v) is 11.1. The van der Waals surface area contributed by atoms with Crippen molar-refractivity contribution in [1.29, 1.82) is 0 Å². The van der Waals surface area contributed by atoms with Crippen molar-refractivity contribution in [2.24, 2.45) is 0 Å². The van der Waals surface area contributed by atoms with E-state index in [1.807, 2.05) is 43.3 Å². The summed E-state index contributed by atoms with van der Waals surface area (Å²) >= 11 is 0.